The van der Waals surface area contributed by atoms with E-state index in [1.807, 2.05) is 14.1 Å². The van der Waals surface area contributed by atoms with E-state index < -0.39 is 4.92 Å². The van der Waals surface area contributed by atoms with Crippen LogP contribution in [-0.4, -0.2) is 37.0 Å². The summed E-state index contributed by atoms with van der Waals surface area (Å²) in [5.41, 5.74) is 0.634. The highest BCUT2D eigenvalue weighted by Crippen LogP contribution is 2.25. The molecule has 5 nitrogen and oxygen atoms in total. The third-order valence-corrected chi connectivity index (χ3v) is 3.16. The SMILES string of the molecule is CN(C)CCCCNCc1c(Cl)cccc1[N+](=O)[O-]. The molecule has 0 aliphatic rings. The van der Waals surface area contributed by atoms with Crippen molar-refractivity contribution >= 4 is 17.3 Å². The number of hydrogen-bond acceptors (Lipinski definition) is 4. The molecule has 0 radical (unpaired) electrons. The van der Waals surface area contributed by atoms with Crippen molar-refractivity contribution in [2.75, 3.05) is 27.2 Å². The van der Waals surface area contributed by atoms with E-state index in [4.69, 9.17) is 11.6 Å². The lowest BCUT2D eigenvalue weighted by atomic mass is 10.1. The molecule has 0 aliphatic carbocycles. The van der Waals surface area contributed by atoms with Crippen molar-refractivity contribution in [2.45, 2.75) is 19.4 Å². The molecule has 0 atom stereocenters. The Morgan fingerprint density at radius 2 is 2.11 bits per heavy atom. The first-order valence-corrected chi connectivity index (χ1v) is 6.67. The lowest BCUT2D eigenvalue weighted by molar-refractivity contribution is -0.385. The van der Waals surface area contributed by atoms with Crippen molar-refractivity contribution < 1.29 is 4.92 Å². The molecule has 1 rings (SSSR count). The van der Waals surface area contributed by atoms with Crippen LogP contribution < -0.4 is 5.32 Å². The Balaban J connectivity index is 2.43. The van der Waals surface area contributed by atoms with Crippen LogP contribution in [-0.2, 0) is 6.54 Å². The normalized spacial score (nSPS) is 10.9. The van der Waals surface area contributed by atoms with E-state index in [1.54, 1.807) is 12.1 Å². The summed E-state index contributed by atoms with van der Waals surface area (Å²) in [4.78, 5) is 12.6. The van der Waals surface area contributed by atoms with E-state index >= 15 is 0 Å². The van der Waals surface area contributed by atoms with Crippen LogP contribution in [0.25, 0.3) is 0 Å². The topological polar surface area (TPSA) is 58.4 Å². The molecule has 106 valence electrons. The van der Waals surface area contributed by atoms with Gasteiger partial charge in [0.15, 0.2) is 0 Å². The summed E-state index contributed by atoms with van der Waals surface area (Å²) in [7, 11) is 4.08. The monoisotopic (exact) mass is 285 g/mol. The lowest BCUT2D eigenvalue weighted by Gasteiger charge is -2.10. The number of hydrogen-bond donors (Lipinski definition) is 1. The van der Waals surface area contributed by atoms with Gasteiger partial charge in [-0.15, -0.1) is 0 Å². The van der Waals surface area contributed by atoms with Crippen LogP contribution in [0, 0.1) is 10.1 Å². The minimum atomic E-state index is -0.394. The smallest absolute Gasteiger partial charge is 0.275 e. The van der Waals surface area contributed by atoms with Gasteiger partial charge >= 0.3 is 0 Å². The van der Waals surface area contributed by atoms with Gasteiger partial charge in [0.1, 0.15) is 0 Å². The number of nitro groups is 1. The minimum Gasteiger partial charge on any atom is -0.312 e. The Bertz CT molecular complexity index is 424. The summed E-state index contributed by atoms with van der Waals surface area (Å²) in [5.74, 6) is 0. The van der Waals surface area contributed by atoms with Crippen LogP contribution in [0.4, 0.5) is 5.69 Å². The van der Waals surface area contributed by atoms with Crippen LogP contribution >= 0.6 is 11.6 Å². The molecule has 0 unspecified atom stereocenters. The second-order valence-electron chi connectivity index (χ2n) is 4.68. The van der Waals surface area contributed by atoms with Crippen molar-refractivity contribution in [1.82, 2.24) is 10.2 Å². The highest BCUT2D eigenvalue weighted by atomic mass is 35.5. The Morgan fingerprint density at radius 1 is 1.37 bits per heavy atom. The molecule has 1 aromatic rings. The van der Waals surface area contributed by atoms with E-state index in [1.165, 1.54) is 6.07 Å². The number of benzene rings is 1. The number of nitro benzene ring substituents is 1. The summed E-state index contributed by atoms with van der Waals surface area (Å²) >= 11 is 6.00. The van der Waals surface area contributed by atoms with Crippen molar-refractivity contribution in [2.24, 2.45) is 0 Å². The highest BCUT2D eigenvalue weighted by Gasteiger charge is 2.15. The average Bonchev–Trinajstić information content (AvgIpc) is 2.34. The minimum absolute atomic E-state index is 0.0771. The fraction of sp³-hybridized carbons (Fsp3) is 0.538. The average molecular weight is 286 g/mol. The van der Waals surface area contributed by atoms with E-state index in [0.717, 1.165) is 25.9 Å². The van der Waals surface area contributed by atoms with Gasteiger partial charge in [0, 0.05) is 12.6 Å². The second kappa shape index (κ2) is 8.09. The predicted molar refractivity (Wildman–Crippen MR) is 77.6 cm³/mol. The third-order valence-electron chi connectivity index (χ3n) is 2.80. The maximum Gasteiger partial charge on any atom is 0.275 e. The summed E-state index contributed by atoms with van der Waals surface area (Å²) < 4.78 is 0. The van der Waals surface area contributed by atoms with Crippen LogP contribution in [0.2, 0.25) is 5.02 Å². The van der Waals surface area contributed by atoms with Gasteiger partial charge in [-0.25, -0.2) is 0 Å². The van der Waals surface area contributed by atoms with E-state index in [-0.39, 0.29) is 5.69 Å². The molecule has 0 spiro atoms. The lowest BCUT2D eigenvalue weighted by Crippen LogP contribution is -2.18. The molecule has 0 aromatic heterocycles. The van der Waals surface area contributed by atoms with Crippen molar-refractivity contribution in [1.29, 1.82) is 0 Å². The van der Waals surface area contributed by atoms with Crippen LogP contribution in [0.3, 0.4) is 0 Å². The Hall–Kier alpha value is -1.17. The van der Waals surface area contributed by atoms with E-state index in [0.29, 0.717) is 17.1 Å². The number of unbranched alkanes of at least 4 members (excludes halogenated alkanes) is 1. The largest absolute Gasteiger partial charge is 0.312 e. The third kappa shape index (κ3) is 5.55. The number of nitrogens with one attached hydrogen (secondary N) is 1. The summed E-state index contributed by atoms with van der Waals surface area (Å²) in [5, 5.41) is 14.5. The molecule has 6 heteroatoms. The van der Waals surface area contributed by atoms with Gasteiger partial charge in [-0.05, 0) is 46.1 Å². The molecule has 0 heterocycles. The standard InChI is InChI=1S/C13H20ClN3O2/c1-16(2)9-4-3-8-15-10-11-12(14)6-5-7-13(11)17(18)19/h5-7,15H,3-4,8-10H2,1-2H3. The van der Waals surface area contributed by atoms with Crippen molar-refractivity contribution in [3.8, 4) is 0 Å². The van der Waals surface area contributed by atoms with Gasteiger partial charge < -0.3 is 10.2 Å². The molecule has 0 saturated carbocycles. The quantitative estimate of drug-likeness (QED) is 0.453. The summed E-state index contributed by atoms with van der Waals surface area (Å²) in [6.07, 6.45) is 2.14. The van der Waals surface area contributed by atoms with Crippen molar-refractivity contribution in [3.63, 3.8) is 0 Å². The zero-order chi connectivity index (χ0) is 14.3. The molecule has 0 amide bonds. The van der Waals surface area contributed by atoms with Gasteiger partial charge in [0.05, 0.1) is 15.5 Å². The molecule has 1 N–H and O–H groups in total. The molecule has 0 fully saturated rings. The van der Waals surface area contributed by atoms with Crippen LogP contribution in [0.15, 0.2) is 18.2 Å². The first-order chi connectivity index (χ1) is 9.02. The van der Waals surface area contributed by atoms with Gasteiger partial charge in [0.2, 0.25) is 0 Å². The molecular weight excluding hydrogens is 266 g/mol. The summed E-state index contributed by atoms with van der Waals surface area (Å²) in [6, 6.07) is 4.76. The second-order valence-corrected chi connectivity index (χ2v) is 5.09. The van der Waals surface area contributed by atoms with Crippen LogP contribution in [0.5, 0.6) is 0 Å². The maximum atomic E-state index is 10.9. The molecule has 0 saturated heterocycles. The highest BCUT2D eigenvalue weighted by molar-refractivity contribution is 6.31. The van der Waals surface area contributed by atoms with Gasteiger partial charge in [-0.3, -0.25) is 10.1 Å². The zero-order valence-corrected chi connectivity index (χ0v) is 12.1. The predicted octanol–water partition coefficient (Wildman–Crippen LogP) is 2.68. The maximum absolute atomic E-state index is 10.9. The molecule has 1 aromatic carbocycles. The molecule has 0 bridgehead atoms. The Labute approximate surface area is 118 Å². The van der Waals surface area contributed by atoms with Crippen LogP contribution in [0.1, 0.15) is 18.4 Å². The fourth-order valence-corrected chi connectivity index (χ4v) is 2.02. The Kier molecular flexibility index (Phi) is 6.77. The summed E-state index contributed by atoms with van der Waals surface area (Å²) in [6.45, 7) is 2.31. The molecular formula is C13H20ClN3O2. The molecule has 19 heavy (non-hydrogen) atoms. The first-order valence-electron chi connectivity index (χ1n) is 6.29. The van der Waals surface area contributed by atoms with E-state index in [9.17, 15) is 10.1 Å². The van der Waals surface area contributed by atoms with Crippen molar-refractivity contribution in [3.05, 3.63) is 38.9 Å². The zero-order valence-electron chi connectivity index (χ0n) is 11.4. The van der Waals surface area contributed by atoms with Gasteiger partial charge in [-0.2, -0.15) is 0 Å². The van der Waals surface area contributed by atoms with Gasteiger partial charge in [-0.1, -0.05) is 17.7 Å². The Morgan fingerprint density at radius 3 is 2.74 bits per heavy atom. The number of rotatable bonds is 8. The molecule has 0 aliphatic heterocycles. The fourth-order valence-electron chi connectivity index (χ4n) is 1.78. The van der Waals surface area contributed by atoms with Gasteiger partial charge in [0.25, 0.3) is 5.69 Å². The van der Waals surface area contributed by atoms with E-state index in [2.05, 4.69) is 10.2 Å². The number of nitrogens with zero attached hydrogens (tertiary/aromatic N) is 2. The first kappa shape index (κ1) is 15.9. The number of halogens is 1.